The Hall–Kier alpha value is -1.29. The average Bonchev–Trinajstić information content (AvgIpc) is 2.96. The number of benzene rings is 2. The van der Waals surface area contributed by atoms with Crippen molar-refractivity contribution in [1.82, 2.24) is 5.43 Å². The van der Waals surface area contributed by atoms with Crippen molar-refractivity contribution in [3.05, 3.63) is 59.7 Å². The maximum atomic E-state index is 12.2. The lowest BCUT2D eigenvalue weighted by atomic mass is 10.2. The first-order valence-corrected chi connectivity index (χ1v) is 9.38. The van der Waals surface area contributed by atoms with E-state index in [0.717, 1.165) is 13.4 Å². The predicted octanol–water partition coefficient (Wildman–Crippen LogP) is 5.58. The van der Waals surface area contributed by atoms with Crippen LogP contribution in [0.5, 0.6) is 5.75 Å². The smallest absolute Gasteiger partial charge is 0.307 e. The molecule has 0 aliphatic heterocycles. The highest BCUT2D eigenvalue weighted by Crippen LogP contribution is 2.32. The maximum Gasteiger partial charge on any atom is 0.307 e. The van der Waals surface area contributed by atoms with Crippen LogP contribution in [0.4, 0.5) is 0 Å². The van der Waals surface area contributed by atoms with Gasteiger partial charge in [-0.15, -0.1) is 0 Å². The predicted molar refractivity (Wildman–Crippen MR) is 110 cm³/mol. The normalized spacial score (nSPS) is 11.4. The first kappa shape index (κ1) is 18.5. The average molecular weight is 554 g/mol. The molecule has 1 aromatic heterocycles. The molecule has 25 heavy (non-hydrogen) atoms. The first-order chi connectivity index (χ1) is 11.8. The molecule has 128 valence electrons. The summed E-state index contributed by atoms with van der Waals surface area (Å²) in [5.74, 6) is -0.548. The van der Waals surface area contributed by atoms with Crippen LogP contribution in [0.25, 0.3) is 11.0 Å². The molecule has 0 bridgehead atoms. The number of halogens is 4. The number of phenolic OH excluding ortho intramolecular Hbond substituents is 1. The Morgan fingerprint density at radius 3 is 2.60 bits per heavy atom. The van der Waals surface area contributed by atoms with Crippen LogP contribution in [-0.4, -0.2) is 17.2 Å². The van der Waals surface area contributed by atoms with E-state index in [1.807, 2.05) is 12.1 Å². The fourth-order valence-electron chi connectivity index (χ4n) is 2.07. The zero-order valence-corrected chi connectivity index (χ0v) is 17.4. The van der Waals surface area contributed by atoms with Gasteiger partial charge in [-0.05, 0) is 58.5 Å². The molecule has 2 N–H and O–H groups in total. The number of hydrazone groups is 1. The molecule has 0 spiro atoms. The third-order valence-corrected chi connectivity index (χ3v) is 5.01. The van der Waals surface area contributed by atoms with Crippen molar-refractivity contribution in [3.8, 4) is 5.75 Å². The first-order valence-electron chi connectivity index (χ1n) is 6.75. The minimum absolute atomic E-state index is 0.0951. The molecule has 0 saturated heterocycles. The lowest BCUT2D eigenvalue weighted by molar-refractivity contribution is 0.0929. The summed E-state index contributed by atoms with van der Waals surface area (Å²) in [6.07, 6.45) is 1.36. The molecule has 3 aromatic rings. The zero-order chi connectivity index (χ0) is 18.1. The number of carbonyl (C=O) groups excluding carboxylic acids is 1. The van der Waals surface area contributed by atoms with Crippen LogP contribution >= 0.6 is 61.7 Å². The summed E-state index contributed by atoms with van der Waals surface area (Å²) in [5, 5.41) is 14.4. The molecule has 0 saturated carbocycles. The summed E-state index contributed by atoms with van der Waals surface area (Å²) >= 11 is 17.2. The van der Waals surface area contributed by atoms with Crippen LogP contribution < -0.4 is 5.43 Å². The Morgan fingerprint density at radius 2 is 1.92 bits per heavy atom. The number of nitrogens with zero attached hydrogens (tertiary/aromatic N) is 1. The van der Waals surface area contributed by atoms with Crippen LogP contribution in [0.2, 0.25) is 10.0 Å². The summed E-state index contributed by atoms with van der Waals surface area (Å²) < 4.78 is 7.37. The number of hydrogen-bond acceptors (Lipinski definition) is 4. The van der Waals surface area contributed by atoms with Crippen molar-refractivity contribution in [1.29, 1.82) is 0 Å². The fraction of sp³-hybridized carbons (Fsp3) is 0. The Kier molecular flexibility index (Phi) is 5.57. The third-order valence-electron chi connectivity index (χ3n) is 3.18. The number of nitrogens with one attached hydrogen (secondary N) is 1. The summed E-state index contributed by atoms with van der Waals surface area (Å²) in [7, 11) is 0. The van der Waals surface area contributed by atoms with Gasteiger partial charge in [-0.3, -0.25) is 4.79 Å². The van der Waals surface area contributed by atoms with E-state index in [2.05, 4.69) is 49.0 Å². The number of rotatable bonds is 3. The van der Waals surface area contributed by atoms with E-state index >= 15 is 0 Å². The molecule has 0 atom stereocenters. The molecule has 5 nitrogen and oxygen atoms in total. The highest BCUT2D eigenvalue weighted by molar-refractivity contribution is 14.1. The van der Waals surface area contributed by atoms with Gasteiger partial charge in [0.25, 0.3) is 0 Å². The number of hydrogen-bond donors (Lipinski definition) is 2. The molecule has 0 fully saturated rings. The number of phenols is 1. The van der Waals surface area contributed by atoms with Crippen molar-refractivity contribution in [2.75, 3.05) is 0 Å². The van der Waals surface area contributed by atoms with Gasteiger partial charge < -0.3 is 9.52 Å². The van der Waals surface area contributed by atoms with Crippen molar-refractivity contribution in [2.24, 2.45) is 5.10 Å². The van der Waals surface area contributed by atoms with Gasteiger partial charge in [0.1, 0.15) is 5.58 Å². The molecular weight excluding hydrogens is 546 g/mol. The van der Waals surface area contributed by atoms with E-state index in [9.17, 15) is 9.90 Å². The monoisotopic (exact) mass is 552 g/mol. The van der Waals surface area contributed by atoms with E-state index in [0.29, 0.717) is 11.1 Å². The number of amides is 1. The van der Waals surface area contributed by atoms with Crippen molar-refractivity contribution >= 4 is 84.8 Å². The van der Waals surface area contributed by atoms with Crippen molar-refractivity contribution in [2.45, 2.75) is 0 Å². The van der Waals surface area contributed by atoms with Crippen molar-refractivity contribution < 1.29 is 14.3 Å². The standard InChI is InChI=1S/C16H8BrCl2IN2O3/c17-9-3-8-4-13(25-15(8)12(20)5-9)16(24)22-21-6-7-1-10(18)14(23)11(19)2-7/h1-6,23H,(H,22,24). The highest BCUT2D eigenvalue weighted by Gasteiger charge is 2.14. The molecule has 0 radical (unpaired) electrons. The van der Waals surface area contributed by atoms with Crippen molar-refractivity contribution in [3.63, 3.8) is 0 Å². The maximum absolute atomic E-state index is 12.2. The summed E-state index contributed by atoms with van der Waals surface area (Å²) in [6, 6.07) is 8.34. The molecule has 0 unspecified atom stereocenters. The Balaban J connectivity index is 1.78. The van der Waals surface area contributed by atoms with Gasteiger partial charge in [0, 0.05) is 9.86 Å². The number of carbonyl (C=O) groups is 1. The molecular formula is C16H8BrCl2IN2O3. The minimum Gasteiger partial charge on any atom is -0.505 e. The van der Waals surface area contributed by atoms with E-state index < -0.39 is 5.91 Å². The molecule has 9 heteroatoms. The molecule has 1 heterocycles. The van der Waals surface area contributed by atoms with Crippen LogP contribution in [0.3, 0.4) is 0 Å². The van der Waals surface area contributed by atoms with Gasteiger partial charge in [0.05, 0.1) is 19.8 Å². The Bertz CT molecular complexity index is 997. The van der Waals surface area contributed by atoms with Gasteiger partial charge in [-0.1, -0.05) is 39.1 Å². The number of aromatic hydroxyl groups is 1. The Morgan fingerprint density at radius 1 is 1.24 bits per heavy atom. The third kappa shape index (κ3) is 4.11. The Labute approximate surface area is 174 Å². The minimum atomic E-state index is -0.490. The van der Waals surface area contributed by atoms with Gasteiger partial charge in [-0.2, -0.15) is 5.10 Å². The zero-order valence-electron chi connectivity index (χ0n) is 12.2. The summed E-state index contributed by atoms with van der Waals surface area (Å²) in [5.41, 5.74) is 3.53. The van der Waals surface area contributed by atoms with Crippen LogP contribution in [-0.2, 0) is 0 Å². The van der Waals surface area contributed by atoms with E-state index in [1.165, 1.54) is 18.3 Å². The van der Waals surface area contributed by atoms with Gasteiger partial charge >= 0.3 is 5.91 Å². The SMILES string of the molecule is O=C(NN=Cc1cc(Cl)c(O)c(Cl)c1)c1cc2cc(Br)cc(I)c2o1. The van der Waals surface area contributed by atoms with Gasteiger partial charge in [0.15, 0.2) is 11.5 Å². The van der Waals surface area contributed by atoms with Gasteiger partial charge in [0.2, 0.25) is 0 Å². The topological polar surface area (TPSA) is 74.8 Å². The summed E-state index contributed by atoms with van der Waals surface area (Å²) in [6.45, 7) is 0. The van der Waals surface area contributed by atoms with E-state index in [4.69, 9.17) is 27.6 Å². The largest absolute Gasteiger partial charge is 0.505 e. The summed E-state index contributed by atoms with van der Waals surface area (Å²) in [4.78, 5) is 12.2. The van der Waals surface area contributed by atoms with E-state index in [-0.39, 0.29) is 21.6 Å². The molecule has 3 rings (SSSR count). The fourth-order valence-corrected chi connectivity index (χ4v) is 4.23. The van der Waals surface area contributed by atoms with E-state index in [1.54, 1.807) is 6.07 Å². The quantitative estimate of drug-likeness (QED) is 0.253. The van der Waals surface area contributed by atoms with Gasteiger partial charge in [-0.25, -0.2) is 5.43 Å². The second-order valence-electron chi connectivity index (χ2n) is 4.95. The molecule has 2 aromatic carbocycles. The number of furan rings is 1. The molecule has 0 aliphatic rings. The van der Waals surface area contributed by atoms with Crippen LogP contribution in [0.15, 0.2) is 44.3 Å². The number of fused-ring (bicyclic) bond motifs is 1. The second kappa shape index (κ2) is 7.53. The lowest BCUT2D eigenvalue weighted by Crippen LogP contribution is -2.16. The van der Waals surface area contributed by atoms with Crippen LogP contribution in [0.1, 0.15) is 16.1 Å². The lowest BCUT2D eigenvalue weighted by Gasteiger charge is -2.01. The second-order valence-corrected chi connectivity index (χ2v) is 7.84. The van der Waals surface area contributed by atoms with Crippen LogP contribution in [0, 0.1) is 3.57 Å². The molecule has 1 amide bonds. The highest BCUT2D eigenvalue weighted by atomic mass is 127. The molecule has 0 aliphatic carbocycles.